The lowest BCUT2D eigenvalue weighted by molar-refractivity contribution is 0.116. The van der Waals surface area contributed by atoms with Crippen molar-refractivity contribution in [3.8, 4) is 11.5 Å². The van der Waals surface area contributed by atoms with E-state index in [1.54, 1.807) is 0 Å². The maximum atomic E-state index is 13.7. The van der Waals surface area contributed by atoms with Crippen LogP contribution in [0, 0.1) is 5.82 Å². The lowest BCUT2D eigenvalue weighted by Gasteiger charge is -2.31. The number of pyridine rings is 1. The maximum Gasteiger partial charge on any atom is 0.314 e. The number of halogens is 4. The highest BCUT2D eigenvalue weighted by atomic mass is 35.5. The Morgan fingerprint density at radius 3 is 2.43 bits per heavy atom. The van der Waals surface area contributed by atoms with Gasteiger partial charge in [0, 0.05) is 6.20 Å². The number of sulfone groups is 1. The average molecular weight is 551 g/mol. The summed E-state index contributed by atoms with van der Waals surface area (Å²) in [4.78, 5) is 4.17. The van der Waals surface area contributed by atoms with E-state index < -0.39 is 43.2 Å². The number of rotatable bonds is 7. The zero-order valence-electron chi connectivity index (χ0n) is 17.8. The summed E-state index contributed by atoms with van der Waals surface area (Å²) in [6, 6.07) is 6.32. The highest BCUT2D eigenvalue weighted by molar-refractivity contribution is 7.94. The molecule has 15 heteroatoms. The largest absolute Gasteiger partial charge is 0.415 e. The fraction of sp³-hybridized carbons (Fsp3) is 0.350. The van der Waals surface area contributed by atoms with Gasteiger partial charge in [-0.3, -0.25) is 9.29 Å². The van der Waals surface area contributed by atoms with Gasteiger partial charge in [0.05, 0.1) is 45.3 Å². The number of benzene rings is 1. The molecule has 0 atom stereocenters. The van der Waals surface area contributed by atoms with Crippen LogP contribution in [0.1, 0.15) is 30.9 Å². The van der Waals surface area contributed by atoms with Crippen molar-refractivity contribution in [3.05, 3.63) is 59.0 Å². The van der Waals surface area contributed by atoms with Crippen molar-refractivity contribution in [1.82, 2.24) is 15.2 Å². The minimum absolute atomic E-state index is 0.0773. The number of anilines is 1. The van der Waals surface area contributed by atoms with Crippen LogP contribution in [-0.4, -0.2) is 48.8 Å². The van der Waals surface area contributed by atoms with E-state index in [1.165, 1.54) is 24.4 Å². The molecule has 0 N–H and O–H groups in total. The van der Waals surface area contributed by atoms with Crippen molar-refractivity contribution in [2.75, 3.05) is 15.8 Å². The molecule has 1 aromatic carbocycles. The van der Waals surface area contributed by atoms with Crippen molar-refractivity contribution >= 4 is 37.1 Å². The third-order valence-corrected chi connectivity index (χ3v) is 9.70. The van der Waals surface area contributed by atoms with Gasteiger partial charge in [0.1, 0.15) is 15.7 Å². The molecule has 0 unspecified atom stereocenters. The van der Waals surface area contributed by atoms with Gasteiger partial charge in [-0.2, -0.15) is 8.78 Å². The fourth-order valence-electron chi connectivity index (χ4n) is 3.55. The molecule has 0 radical (unpaired) electrons. The van der Waals surface area contributed by atoms with Gasteiger partial charge >= 0.3 is 6.43 Å². The van der Waals surface area contributed by atoms with E-state index >= 15 is 0 Å². The molecular formula is C20H18ClF3N4O5S2. The molecule has 1 saturated heterocycles. The predicted molar refractivity (Wildman–Crippen MR) is 121 cm³/mol. The Morgan fingerprint density at radius 1 is 1.14 bits per heavy atom. The Bertz CT molecular complexity index is 1420. The summed E-state index contributed by atoms with van der Waals surface area (Å²) in [5.74, 6) is -2.28. The Morgan fingerprint density at radius 2 is 1.86 bits per heavy atom. The van der Waals surface area contributed by atoms with Crippen molar-refractivity contribution in [3.63, 3.8) is 0 Å². The van der Waals surface area contributed by atoms with E-state index in [2.05, 4.69) is 15.2 Å². The second-order valence-electron chi connectivity index (χ2n) is 7.79. The molecular weight excluding hydrogens is 533 g/mol. The number of aromatic nitrogens is 3. The summed E-state index contributed by atoms with van der Waals surface area (Å²) in [5, 5.41) is 5.52. The first-order valence-corrected chi connectivity index (χ1v) is 13.9. The van der Waals surface area contributed by atoms with Crippen LogP contribution >= 0.6 is 11.6 Å². The normalized spacial score (nSPS) is 16.5. The van der Waals surface area contributed by atoms with Gasteiger partial charge < -0.3 is 4.42 Å². The molecule has 1 fully saturated rings. The van der Waals surface area contributed by atoms with Crippen LogP contribution in [-0.2, 0) is 26.4 Å². The molecule has 0 amide bonds. The first-order valence-electron chi connectivity index (χ1n) is 10.2. The van der Waals surface area contributed by atoms with E-state index in [1.807, 2.05) is 0 Å². The highest BCUT2D eigenvalue weighted by Crippen LogP contribution is 2.31. The number of sulfonamides is 1. The van der Waals surface area contributed by atoms with Crippen LogP contribution in [0.15, 0.2) is 40.9 Å². The van der Waals surface area contributed by atoms with Crippen LogP contribution in [0.4, 0.5) is 18.9 Å². The predicted octanol–water partition coefficient (Wildman–Crippen LogP) is 3.78. The molecule has 3 aromatic rings. The smallest absolute Gasteiger partial charge is 0.314 e. The quantitative estimate of drug-likeness (QED) is 0.435. The number of hydrogen-bond donors (Lipinski definition) is 0. The Labute approximate surface area is 203 Å². The molecule has 2 aromatic heterocycles. The van der Waals surface area contributed by atoms with E-state index in [0.29, 0.717) is 0 Å². The standard InChI is InChI=1S/C20H18ClF3N4O5S2/c21-16-9-14(3-4-17(16)22)28(35(31,32)15-5-7-34(29,30)8-6-15)11-13-2-1-12(10-25-13)19-26-27-20(33-19)18(23)24/h1-4,9-10,15,18H,5-8,11H2. The zero-order valence-corrected chi connectivity index (χ0v) is 20.2. The molecule has 9 nitrogen and oxygen atoms in total. The Hall–Kier alpha value is -2.71. The van der Waals surface area contributed by atoms with Crippen molar-refractivity contribution in [2.45, 2.75) is 31.1 Å². The molecule has 1 aliphatic rings. The Kier molecular flexibility index (Phi) is 7.06. The van der Waals surface area contributed by atoms with Crippen LogP contribution in [0.25, 0.3) is 11.5 Å². The van der Waals surface area contributed by atoms with Crippen molar-refractivity contribution in [1.29, 1.82) is 0 Å². The highest BCUT2D eigenvalue weighted by Gasteiger charge is 2.37. The van der Waals surface area contributed by atoms with Crippen molar-refractivity contribution in [2.24, 2.45) is 0 Å². The van der Waals surface area contributed by atoms with E-state index in [4.69, 9.17) is 16.0 Å². The maximum absolute atomic E-state index is 13.7. The first kappa shape index (κ1) is 25.4. The number of nitrogens with zero attached hydrogens (tertiary/aromatic N) is 4. The minimum Gasteiger partial charge on any atom is -0.415 e. The molecule has 188 valence electrons. The van der Waals surface area contributed by atoms with Crippen molar-refractivity contribution < 1.29 is 34.4 Å². The van der Waals surface area contributed by atoms with Crippen LogP contribution in [0.3, 0.4) is 0 Å². The summed E-state index contributed by atoms with van der Waals surface area (Å²) < 4.78 is 95.6. The molecule has 1 aliphatic heterocycles. The topological polar surface area (TPSA) is 123 Å². The van der Waals surface area contributed by atoms with Gasteiger partial charge in [-0.15, -0.1) is 10.2 Å². The average Bonchev–Trinajstić information content (AvgIpc) is 3.30. The number of hydrogen-bond acceptors (Lipinski definition) is 8. The molecule has 35 heavy (non-hydrogen) atoms. The summed E-state index contributed by atoms with van der Waals surface area (Å²) in [6.45, 7) is -0.278. The van der Waals surface area contributed by atoms with Crippen LogP contribution in [0.5, 0.6) is 0 Å². The van der Waals surface area contributed by atoms with E-state index in [9.17, 15) is 30.0 Å². The molecule has 3 heterocycles. The summed E-state index contributed by atoms with van der Waals surface area (Å²) >= 11 is 5.88. The lowest BCUT2D eigenvalue weighted by Crippen LogP contribution is -2.42. The second-order valence-corrected chi connectivity index (χ2v) is 12.6. The molecule has 0 aliphatic carbocycles. The van der Waals surface area contributed by atoms with E-state index in [-0.39, 0.29) is 58.8 Å². The van der Waals surface area contributed by atoms with Gasteiger partial charge in [0.25, 0.3) is 5.89 Å². The summed E-state index contributed by atoms with van der Waals surface area (Å²) in [7, 11) is -7.41. The van der Waals surface area contributed by atoms with Gasteiger partial charge in [-0.25, -0.2) is 21.2 Å². The fourth-order valence-corrected chi connectivity index (χ4v) is 7.42. The van der Waals surface area contributed by atoms with Gasteiger partial charge in [0.2, 0.25) is 15.9 Å². The summed E-state index contributed by atoms with van der Waals surface area (Å²) in [5.41, 5.74) is 0.578. The van der Waals surface area contributed by atoms with Gasteiger partial charge in [-0.05, 0) is 43.2 Å². The third kappa shape index (κ3) is 5.59. The molecule has 0 saturated carbocycles. The molecule has 4 rings (SSSR count). The monoisotopic (exact) mass is 550 g/mol. The number of alkyl halides is 2. The minimum atomic E-state index is -4.10. The lowest BCUT2D eigenvalue weighted by atomic mass is 10.2. The second kappa shape index (κ2) is 9.74. The third-order valence-electron chi connectivity index (χ3n) is 5.43. The Balaban J connectivity index is 1.64. The van der Waals surface area contributed by atoms with Crippen LogP contribution in [0.2, 0.25) is 5.02 Å². The van der Waals surface area contributed by atoms with E-state index in [0.717, 1.165) is 16.4 Å². The SMILES string of the molecule is O=S1(=O)CCC(S(=O)(=O)N(Cc2ccc(-c3nnc(C(F)F)o3)cn2)c2ccc(F)c(Cl)c2)CC1. The first-order chi connectivity index (χ1) is 16.5. The summed E-state index contributed by atoms with van der Waals surface area (Å²) in [6.07, 6.45) is -1.83. The molecule has 0 bridgehead atoms. The van der Waals surface area contributed by atoms with Gasteiger partial charge in [-0.1, -0.05) is 11.6 Å². The van der Waals surface area contributed by atoms with Gasteiger partial charge in [0.15, 0.2) is 0 Å². The molecule has 0 spiro atoms. The zero-order chi connectivity index (χ0) is 25.4. The van der Waals surface area contributed by atoms with Crippen LogP contribution < -0.4 is 4.31 Å².